The summed E-state index contributed by atoms with van der Waals surface area (Å²) in [7, 11) is -4.66. The fourth-order valence-electron chi connectivity index (χ4n) is 5.83. The van der Waals surface area contributed by atoms with Crippen LogP contribution in [0.1, 0.15) is 194 Å². The van der Waals surface area contributed by atoms with E-state index < -0.39 is 51.1 Å². The van der Waals surface area contributed by atoms with Crippen LogP contribution in [-0.2, 0) is 37.5 Å². The average Bonchev–Trinajstić information content (AvgIpc) is 3.07. The maximum absolute atomic E-state index is 12.1. The zero-order valence-corrected chi connectivity index (χ0v) is 32.7. The predicted octanol–water partition coefficient (Wildman–Crippen LogP) is 9.95. The van der Waals surface area contributed by atoms with Crippen molar-refractivity contribution in [1.82, 2.24) is 0 Å². The van der Waals surface area contributed by atoms with E-state index in [0.29, 0.717) is 6.42 Å². The lowest BCUT2D eigenvalue weighted by Crippen LogP contribution is -2.34. The zero-order valence-electron chi connectivity index (χ0n) is 31.8. The van der Waals surface area contributed by atoms with Crippen molar-refractivity contribution in [2.24, 2.45) is 5.73 Å². The van der Waals surface area contributed by atoms with Crippen molar-refractivity contribution in [3.05, 3.63) is 0 Å². The highest BCUT2D eigenvalue weighted by molar-refractivity contribution is 7.47. The first-order chi connectivity index (χ1) is 24.1. The van der Waals surface area contributed by atoms with E-state index in [1.807, 2.05) is 0 Å². The highest BCUT2D eigenvalue weighted by Gasteiger charge is 2.27. The van der Waals surface area contributed by atoms with Crippen molar-refractivity contribution >= 4 is 25.7 Å². The Balaban J connectivity index is 3.57. The largest absolute Gasteiger partial charge is 0.480 e. The molecular formula is C38H74NO10P. The third kappa shape index (κ3) is 34.9. The third-order valence-electron chi connectivity index (χ3n) is 8.91. The van der Waals surface area contributed by atoms with Crippen LogP contribution >= 0.6 is 7.82 Å². The summed E-state index contributed by atoms with van der Waals surface area (Å²) in [4.78, 5) is 43.9. The number of hydrogen-bond donors (Lipinski definition) is 3. The van der Waals surface area contributed by atoms with Crippen molar-refractivity contribution in [2.45, 2.75) is 206 Å². The van der Waals surface area contributed by atoms with Gasteiger partial charge in [-0.15, -0.1) is 0 Å². The van der Waals surface area contributed by atoms with Crippen LogP contribution in [0.4, 0.5) is 0 Å². The summed E-state index contributed by atoms with van der Waals surface area (Å²) in [5.74, 6) is -2.56. The van der Waals surface area contributed by atoms with Gasteiger partial charge in [0.25, 0.3) is 0 Å². The van der Waals surface area contributed by atoms with Crippen molar-refractivity contribution in [1.29, 1.82) is 0 Å². The molecule has 0 amide bonds. The highest BCUT2D eigenvalue weighted by atomic mass is 31.2. The molecule has 1 unspecified atom stereocenters. The van der Waals surface area contributed by atoms with Gasteiger partial charge in [-0.25, -0.2) is 4.57 Å². The summed E-state index contributed by atoms with van der Waals surface area (Å²) >= 11 is 0. The number of aliphatic carboxylic acids is 1. The molecule has 0 spiro atoms. The Morgan fingerprint density at radius 1 is 0.580 bits per heavy atom. The Kier molecular flexibility index (Phi) is 33.5. The second kappa shape index (κ2) is 34.6. The van der Waals surface area contributed by atoms with Gasteiger partial charge in [0.15, 0.2) is 6.10 Å². The van der Waals surface area contributed by atoms with E-state index in [1.165, 1.54) is 148 Å². The van der Waals surface area contributed by atoms with Crippen LogP contribution in [-0.4, -0.2) is 59.9 Å². The molecule has 0 bridgehead atoms. The molecule has 0 fully saturated rings. The standard InChI is InChI=1S/C38H74NO10P/c1-3-4-5-6-7-8-9-10-11-12-13-14-15-16-17-18-19-20-21-22-23-24-25-26-27-28-29-30-37(41)46-31-35(49-34(2)40)32-47-50(44,45)48-33-36(39)38(42)43/h35-36H,3-33,39H2,1-2H3,(H,42,43)(H,44,45)/t35-,36+/m1/s1. The predicted molar refractivity (Wildman–Crippen MR) is 199 cm³/mol. The highest BCUT2D eigenvalue weighted by Crippen LogP contribution is 2.43. The molecule has 3 atom stereocenters. The molecule has 0 aromatic rings. The Hall–Kier alpha value is -1.52. The molecule has 0 saturated carbocycles. The lowest BCUT2D eigenvalue weighted by atomic mass is 10.0. The summed E-state index contributed by atoms with van der Waals surface area (Å²) in [5, 5.41) is 8.72. The SMILES string of the molecule is CCCCCCCCCCCCCCCCCCCCCCCCCCCCCC(=O)OC[C@H](COP(=O)(O)OC[C@H](N)C(=O)O)OC(C)=O. The van der Waals surface area contributed by atoms with Gasteiger partial charge in [-0.3, -0.25) is 23.4 Å². The van der Waals surface area contributed by atoms with E-state index in [4.69, 9.17) is 24.8 Å². The van der Waals surface area contributed by atoms with Crippen molar-refractivity contribution < 1.29 is 47.5 Å². The van der Waals surface area contributed by atoms with Gasteiger partial charge in [0, 0.05) is 13.3 Å². The van der Waals surface area contributed by atoms with Crippen LogP contribution in [0.25, 0.3) is 0 Å². The normalized spacial score (nSPS) is 13.8. The van der Waals surface area contributed by atoms with Crippen LogP contribution in [0, 0.1) is 0 Å². The lowest BCUT2D eigenvalue weighted by molar-refractivity contribution is -0.159. The molecule has 0 saturated heterocycles. The minimum absolute atomic E-state index is 0.224. The molecule has 0 heterocycles. The average molecular weight is 736 g/mol. The fourth-order valence-corrected chi connectivity index (χ4v) is 6.61. The number of carboxylic acid groups (broad SMARTS) is 1. The molecule has 0 aromatic carbocycles. The number of hydrogen-bond acceptors (Lipinski definition) is 9. The van der Waals surface area contributed by atoms with Gasteiger partial charge in [0.05, 0.1) is 13.2 Å². The molecule has 11 nitrogen and oxygen atoms in total. The minimum atomic E-state index is -4.66. The summed E-state index contributed by atoms with van der Waals surface area (Å²) < 4.78 is 31.3. The second-order valence-corrected chi connectivity index (χ2v) is 15.3. The van der Waals surface area contributed by atoms with Crippen molar-refractivity contribution in [3.63, 3.8) is 0 Å². The fraction of sp³-hybridized carbons (Fsp3) is 0.921. The Morgan fingerprint density at radius 3 is 1.26 bits per heavy atom. The molecule has 0 aromatic heterocycles. The van der Waals surface area contributed by atoms with Crippen molar-refractivity contribution in [2.75, 3.05) is 19.8 Å². The molecule has 0 radical (unpaired) electrons. The number of carbonyl (C=O) groups is 3. The summed E-state index contributed by atoms with van der Waals surface area (Å²) in [6, 6.07) is -1.51. The first-order valence-electron chi connectivity index (χ1n) is 20.0. The van der Waals surface area contributed by atoms with E-state index in [0.717, 1.165) is 26.2 Å². The van der Waals surface area contributed by atoms with Gasteiger partial charge >= 0.3 is 25.7 Å². The minimum Gasteiger partial charge on any atom is -0.480 e. The maximum atomic E-state index is 12.1. The van der Waals surface area contributed by atoms with Crippen LogP contribution in [0.3, 0.4) is 0 Å². The molecular weight excluding hydrogens is 661 g/mol. The van der Waals surface area contributed by atoms with Crippen LogP contribution in [0.2, 0.25) is 0 Å². The summed E-state index contributed by atoms with van der Waals surface area (Å²) in [6.45, 7) is 1.72. The third-order valence-corrected chi connectivity index (χ3v) is 9.86. The first-order valence-corrected chi connectivity index (χ1v) is 21.5. The topological polar surface area (TPSA) is 172 Å². The molecule has 0 aliphatic heterocycles. The number of phosphoric acid groups is 1. The molecule has 12 heteroatoms. The number of phosphoric ester groups is 1. The Morgan fingerprint density at radius 2 is 0.920 bits per heavy atom. The Bertz CT molecular complexity index is 875. The quantitative estimate of drug-likeness (QED) is 0.0313. The van der Waals surface area contributed by atoms with Gasteiger partial charge in [-0.05, 0) is 6.42 Å². The molecule has 0 aliphatic carbocycles. The van der Waals surface area contributed by atoms with Gasteiger partial charge in [-0.2, -0.15) is 0 Å². The van der Waals surface area contributed by atoms with Crippen LogP contribution in [0.15, 0.2) is 0 Å². The van der Waals surface area contributed by atoms with E-state index in [2.05, 4.69) is 11.4 Å². The van der Waals surface area contributed by atoms with E-state index in [-0.39, 0.29) is 13.0 Å². The number of nitrogens with two attached hydrogens (primary N) is 1. The molecule has 0 rings (SSSR count). The first kappa shape index (κ1) is 48.5. The van der Waals surface area contributed by atoms with Gasteiger partial charge in [0.2, 0.25) is 0 Å². The van der Waals surface area contributed by atoms with E-state index in [9.17, 15) is 23.8 Å². The summed E-state index contributed by atoms with van der Waals surface area (Å²) in [6.07, 6.45) is 34.9. The smallest absolute Gasteiger partial charge is 0.472 e. The number of unbranched alkanes of at least 4 members (excludes halogenated alkanes) is 26. The summed E-state index contributed by atoms with van der Waals surface area (Å²) in [5.41, 5.74) is 5.23. The number of esters is 2. The zero-order chi connectivity index (χ0) is 37.1. The van der Waals surface area contributed by atoms with Gasteiger partial charge in [0.1, 0.15) is 12.6 Å². The monoisotopic (exact) mass is 736 g/mol. The molecule has 50 heavy (non-hydrogen) atoms. The van der Waals surface area contributed by atoms with Crippen LogP contribution in [0.5, 0.6) is 0 Å². The van der Waals surface area contributed by atoms with Gasteiger partial charge < -0.3 is 25.2 Å². The van der Waals surface area contributed by atoms with Gasteiger partial charge in [-0.1, -0.05) is 174 Å². The molecule has 296 valence electrons. The lowest BCUT2D eigenvalue weighted by Gasteiger charge is -2.19. The van der Waals surface area contributed by atoms with E-state index in [1.54, 1.807) is 0 Å². The van der Waals surface area contributed by atoms with Crippen molar-refractivity contribution in [3.8, 4) is 0 Å². The van der Waals surface area contributed by atoms with E-state index >= 15 is 0 Å². The van der Waals surface area contributed by atoms with Crippen LogP contribution < -0.4 is 5.73 Å². The maximum Gasteiger partial charge on any atom is 0.472 e. The second-order valence-electron chi connectivity index (χ2n) is 13.9. The number of ether oxygens (including phenoxy) is 2. The Labute approximate surface area is 304 Å². The number of carbonyl (C=O) groups excluding carboxylic acids is 2. The molecule has 4 N–H and O–H groups in total. The number of carboxylic acids is 1. The molecule has 0 aliphatic rings. The number of rotatable bonds is 38.